The minimum absolute atomic E-state index is 0.425. The molecule has 0 saturated heterocycles. The molecule has 25 heavy (non-hydrogen) atoms. The molecule has 0 aliphatic heterocycles. The molecule has 1 aromatic carbocycles. The molecule has 3 aromatic rings. The largest absolute Gasteiger partial charge is 0.399 e. The van der Waals surface area contributed by atoms with E-state index in [9.17, 15) is 0 Å². The SMILES string of the molecule is Nc1cc(NC2CCC(Nc3ccccn3)CC2)c2nccnc2c1. The van der Waals surface area contributed by atoms with Gasteiger partial charge in [0, 0.05) is 36.4 Å². The molecule has 0 unspecified atom stereocenters. The number of nitrogens with one attached hydrogen (secondary N) is 2. The molecule has 128 valence electrons. The van der Waals surface area contributed by atoms with Gasteiger partial charge in [0.15, 0.2) is 0 Å². The zero-order valence-corrected chi connectivity index (χ0v) is 14.0. The second-order valence-electron chi connectivity index (χ2n) is 6.54. The summed E-state index contributed by atoms with van der Waals surface area (Å²) in [5, 5.41) is 7.15. The van der Waals surface area contributed by atoms with E-state index in [-0.39, 0.29) is 0 Å². The van der Waals surface area contributed by atoms with Gasteiger partial charge in [0.2, 0.25) is 0 Å². The van der Waals surface area contributed by atoms with Crippen LogP contribution in [0, 0.1) is 0 Å². The fourth-order valence-electron chi connectivity index (χ4n) is 3.47. The summed E-state index contributed by atoms with van der Waals surface area (Å²) >= 11 is 0. The van der Waals surface area contributed by atoms with Gasteiger partial charge < -0.3 is 16.4 Å². The first-order valence-corrected chi connectivity index (χ1v) is 8.72. The summed E-state index contributed by atoms with van der Waals surface area (Å²) in [4.78, 5) is 13.2. The van der Waals surface area contributed by atoms with Gasteiger partial charge in [-0.25, -0.2) is 4.98 Å². The predicted octanol–water partition coefficient (Wildman–Crippen LogP) is 3.44. The number of benzene rings is 1. The van der Waals surface area contributed by atoms with Crippen molar-refractivity contribution in [2.45, 2.75) is 37.8 Å². The first-order chi connectivity index (χ1) is 12.3. The van der Waals surface area contributed by atoms with Crippen LogP contribution >= 0.6 is 0 Å². The fraction of sp³-hybridized carbons (Fsp3) is 0.316. The highest BCUT2D eigenvalue weighted by molar-refractivity contribution is 5.90. The van der Waals surface area contributed by atoms with Crippen LogP contribution in [-0.2, 0) is 0 Å². The van der Waals surface area contributed by atoms with Crippen LogP contribution in [0.5, 0.6) is 0 Å². The summed E-state index contributed by atoms with van der Waals surface area (Å²) in [6, 6.07) is 10.7. The van der Waals surface area contributed by atoms with E-state index in [1.54, 1.807) is 12.4 Å². The Morgan fingerprint density at radius 3 is 2.36 bits per heavy atom. The minimum atomic E-state index is 0.425. The maximum atomic E-state index is 6.01. The van der Waals surface area contributed by atoms with E-state index >= 15 is 0 Å². The Hall–Kier alpha value is -2.89. The second kappa shape index (κ2) is 6.93. The zero-order chi connectivity index (χ0) is 17.1. The number of fused-ring (bicyclic) bond motifs is 1. The average molecular weight is 334 g/mol. The number of hydrogen-bond acceptors (Lipinski definition) is 6. The molecule has 0 atom stereocenters. The van der Waals surface area contributed by atoms with Crippen molar-refractivity contribution in [3.63, 3.8) is 0 Å². The molecular weight excluding hydrogens is 312 g/mol. The summed E-state index contributed by atoms with van der Waals surface area (Å²) in [7, 11) is 0. The highest BCUT2D eigenvalue weighted by Gasteiger charge is 2.22. The zero-order valence-electron chi connectivity index (χ0n) is 14.0. The van der Waals surface area contributed by atoms with Gasteiger partial charge in [0.05, 0.1) is 11.2 Å². The number of rotatable bonds is 4. The van der Waals surface area contributed by atoms with Crippen molar-refractivity contribution in [1.29, 1.82) is 0 Å². The quantitative estimate of drug-likeness (QED) is 0.633. The molecule has 2 heterocycles. The van der Waals surface area contributed by atoms with E-state index < -0.39 is 0 Å². The summed E-state index contributed by atoms with van der Waals surface area (Å²) in [6.45, 7) is 0. The van der Waals surface area contributed by atoms with Gasteiger partial charge in [-0.2, -0.15) is 0 Å². The van der Waals surface area contributed by atoms with Crippen LogP contribution in [0.4, 0.5) is 17.2 Å². The third-order valence-electron chi connectivity index (χ3n) is 4.70. The molecular formula is C19H22N6. The van der Waals surface area contributed by atoms with Crippen LogP contribution in [0.2, 0.25) is 0 Å². The second-order valence-corrected chi connectivity index (χ2v) is 6.54. The van der Waals surface area contributed by atoms with Crippen LogP contribution in [-0.4, -0.2) is 27.0 Å². The maximum Gasteiger partial charge on any atom is 0.126 e. The Morgan fingerprint density at radius 2 is 1.60 bits per heavy atom. The monoisotopic (exact) mass is 334 g/mol. The van der Waals surface area contributed by atoms with Gasteiger partial charge >= 0.3 is 0 Å². The smallest absolute Gasteiger partial charge is 0.126 e. The van der Waals surface area contributed by atoms with E-state index in [1.165, 1.54) is 0 Å². The molecule has 6 heteroatoms. The summed E-state index contributed by atoms with van der Waals surface area (Å²) in [5.74, 6) is 0.955. The van der Waals surface area contributed by atoms with E-state index in [2.05, 4.69) is 25.6 Å². The topological polar surface area (TPSA) is 88.8 Å². The summed E-state index contributed by atoms with van der Waals surface area (Å²) in [5.41, 5.74) is 9.41. The lowest BCUT2D eigenvalue weighted by molar-refractivity contribution is 0.428. The molecule has 0 spiro atoms. The lowest BCUT2D eigenvalue weighted by Gasteiger charge is -2.30. The highest BCUT2D eigenvalue weighted by Crippen LogP contribution is 2.28. The van der Waals surface area contributed by atoms with Gasteiger partial charge in [0.1, 0.15) is 11.3 Å². The van der Waals surface area contributed by atoms with Crippen molar-refractivity contribution < 1.29 is 0 Å². The Balaban J connectivity index is 1.41. The number of nitrogens with zero attached hydrogens (tertiary/aromatic N) is 3. The van der Waals surface area contributed by atoms with E-state index in [0.717, 1.165) is 48.2 Å². The highest BCUT2D eigenvalue weighted by atomic mass is 15.0. The van der Waals surface area contributed by atoms with E-state index in [4.69, 9.17) is 5.73 Å². The first kappa shape index (κ1) is 15.6. The Morgan fingerprint density at radius 1 is 0.840 bits per heavy atom. The molecule has 6 nitrogen and oxygen atoms in total. The molecule has 1 aliphatic carbocycles. The molecule has 1 aliphatic rings. The first-order valence-electron chi connectivity index (χ1n) is 8.72. The Labute approximate surface area is 146 Å². The van der Waals surface area contributed by atoms with Crippen LogP contribution in [0.25, 0.3) is 11.0 Å². The van der Waals surface area contributed by atoms with Gasteiger partial charge in [-0.15, -0.1) is 0 Å². The van der Waals surface area contributed by atoms with Crippen molar-refractivity contribution >= 4 is 28.2 Å². The predicted molar refractivity (Wildman–Crippen MR) is 101 cm³/mol. The summed E-state index contributed by atoms with van der Waals surface area (Å²) in [6.07, 6.45) is 9.65. The van der Waals surface area contributed by atoms with Crippen molar-refractivity contribution in [1.82, 2.24) is 15.0 Å². The van der Waals surface area contributed by atoms with Gasteiger partial charge in [-0.1, -0.05) is 6.07 Å². The van der Waals surface area contributed by atoms with Crippen LogP contribution < -0.4 is 16.4 Å². The molecule has 0 radical (unpaired) electrons. The molecule has 1 fully saturated rings. The number of anilines is 3. The lowest BCUT2D eigenvalue weighted by atomic mass is 9.91. The van der Waals surface area contributed by atoms with Crippen molar-refractivity contribution in [3.8, 4) is 0 Å². The molecule has 4 rings (SSSR count). The van der Waals surface area contributed by atoms with Crippen molar-refractivity contribution in [2.75, 3.05) is 16.4 Å². The number of nitrogens with two attached hydrogens (primary N) is 1. The molecule has 1 saturated carbocycles. The number of aromatic nitrogens is 3. The van der Waals surface area contributed by atoms with Crippen molar-refractivity contribution in [3.05, 3.63) is 48.9 Å². The van der Waals surface area contributed by atoms with Crippen LogP contribution in [0.15, 0.2) is 48.9 Å². The normalized spacial score (nSPS) is 20.3. The third kappa shape index (κ3) is 3.63. The lowest BCUT2D eigenvalue weighted by Crippen LogP contribution is -2.32. The summed E-state index contributed by atoms with van der Waals surface area (Å²) < 4.78 is 0. The van der Waals surface area contributed by atoms with E-state index in [0.29, 0.717) is 17.8 Å². The van der Waals surface area contributed by atoms with Gasteiger partial charge in [-0.05, 0) is 49.9 Å². The maximum absolute atomic E-state index is 6.01. The van der Waals surface area contributed by atoms with Crippen molar-refractivity contribution in [2.24, 2.45) is 0 Å². The Kier molecular flexibility index (Phi) is 4.33. The number of hydrogen-bond donors (Lipinski definition) is 3. The Bertz CT molecular complexity index is 843. The standard InChI is InChI=1S/C19H22N6/c20-13-11-16-19(23-10-9-21-16)17(12-13)24-14-4-6-15(7-5-14)25-18-3-1-2-8-22-18/h1-3,8-12,14-15,24H,4-7,20H2,(H,22,25). The molecule has 2 aromatic heterocycles. The average Bonchev–Trinajstić information content (AvgIpc) is 2.64. The van der Waals surface area contributed by atoms with Crippen LogP contribution in [0.1, 0.15) is 25.7 Å². The minimum Gasteiger partial charge on any atom is -0.399 e. The van der Waals surface area contributed by atoms with Crippen LogP contribution in [0.3, 0.4) is 0 Å². The number of nitrogen functional groups attached to an aromatic ring is 1. The molecule has 0 amide bonds. The third-order valence-corrected chi connectivity index (χ3v) is 4.70. The fourth-order valence-corrected chi connectivity index (χ4v) is 3.47. The molecule has 4 N–H and O–H groups in total. The number of pyridine rings is 1. The van der Waals surface area contributed by atoms with Gasteiger partial charge in [0.25, 0.3) is 0 Å². The van der Waals surface area contributed by atoms with E-state index in [1.807, 2.05) is 36.5 Å². The molecule has 0 bridgehead atoms. The van der Waals surface area contributed by atoms with Gasteiger partial charge in [-0.3, -0.25) is 9.97 Å².